The molecule has 0 saturated carbocycles. The van der Waals surface area contributed by atoms with Gasteiger partial charge in [-0.15, -0.1) is 0 Å². The number of allylic oxidation sites excluding steroid dienone is 2. The molecule has 0 aromatic heterocycles. The fourth-order valence-corrected chi connectivity index (χ4v) is 2.64. The monoisotopic (exact) mass is 220 g/mol. The number of rotatable bonds is 0. The fourth-order valence-electron chi connectivity index (χ4n) is 1.58. The molecule has 0 atom stereocenters. The zero-order valence-electron chi connectivity index (χ0n) is 4.78. The van der Waals surface area contributed by atoms with E-state index in [2.05, 4.69) is 22.6 Å². The molecule has 0 fully saturated rings. The van der Waals surface area contributed by atoms with Gasteiger partial charge in [0.15, 0.2) is 0 Å². The SMILES string of the molecule is IC1CC2=C(CC2)C1. The van der Waals surface area contributed by atoms with E-state index in [-0.39, 0.29) is 0 Å². The van der Waals surface area contributed by atoms with Crippen molar-refractivity contribution in [3.8, 4) is 0 Å². The third kappa shape index (κ3) is 0.634. The second-order valence-electron chi connectivity index (χ2n) is 2.71. The summed E-state index contributed by atoms with van der Waals surface area (Å²) in [5.74, 6) is 0. The average molecular weight is 220 g/mol. The van der Waals surface area contributed by atoms with E-state index < -0.39 is 0 Å². The molecule has 8 heavy (non-hydrogen) atoms. The lowest BCUT2D eigenvalue weighted by Gasteiger charge is -2.14. The lowest BCUT2D eigenvalue weighted by molar-refractivity contribution is 0.800. The van der Waals surface area contributed by atoms with E-state index in [1.807, 2.05) is 0 Å². The molecule has 2 aliphatic carbocycles. The highest BCUT2D eigenvalue weighted by atomic mass is 127. The molecule has 0 saturated heterocycles. The third-order valence-corrected chi connectivity index (χ3v) is 3.05. The predicted molar refractivity (Wildman–Crippen MR) is 43.3 cm³/mol. The van der Waals surface area contributed by atoms with Crippen LogP contribution in [0.3, 0.4) is 0 Å². The van der Waals surface area contributed by atoms with Gasteiger partial charge < -0.3 is 0 Å². The highest BCUT2D eigenvalue weighted by Gasteiger charge is 2.27. The van der Waals surface area contributed by atoms with E-state index in [0.717, 1.165) is 3.92 Å². The van der Waals surface area contributed by atoms with Crippen molar-refractivity contribution < 1.29 is 0 Å². The minimum absolute atomic E-state index is 0.958. The Morgan fingerprint density at radius 1 is 1.12 bits per heavy atom. The second kappa shape index (κ2) is 1.72. The van der Waals surface area contributed by atoms with Crippen molar-refractivity contribution in [2.24, 2.45) is 0 Å². The van der Waals surface area contributed by atoms with Crippen molar-refractivity contribution >= 4 is 22.6 Å². The zero-order chi connectivity index (χ0) is 5.56. The van der Waals surface area contributed by atoms with Crippen LogP contribution in [0, 0.1) is 0 Å². The molecule has 0 aliphatic heterocycles. The van der Waals surface area contributed by atoms with Crippen LogP contribution in [0.5, 0.6) is 0 Å². The zero-order valence-corrected chi connectivity index (χ0v) is 6.94. The molecule has 2 aliphatic rings. The van der Waals surface area contributed by atoms with Crippen LogP contribution in [0.1, 0.15) is 25.7 Å². The summed E-state index contributed by atoms with van der Waals surface area (Å²) in [5, 5.41) is 0. The number of alkyl halides is 1. The molecule has 0 radical (unpaired) electrons. The molecule has 0 aromatic carbocycles. The van der Waals surface area contributed by atoms with Crippen molar-refractivity contribution in [2.75, 3.05) is 0 Å². The molecule has 44 valence electrons. The summed E-state index contributed by atoms with van der Waals surface area (Å²) >= 11 is 2.56. The summed E-state index contributed by atoms with van der Waals surface area (Å²) in [6.45, 7) is 0. The molecular weight excluding hydrogens is 211 g/mol. The Balaban J connectivity index is 2.17. The summed E-state index contributed by atoms with van der Waals surface area (Å²) in [5.41, 5.74) is 3.59. The van der Waals surface area contributed by atoms with Crippen molar-refractivity contribution in [1.82, 2.24) is 0 Å². The first-order valence-electron chi connectivity index (χ1n) is 3.20. The van der Waals surface area contributed by atoms with E-state index in [0.29, 0.717) is 0 Å². The predicted octanol–water partition coefficient (Wildman–Crippen LogP) is 2.67. The molecule has 2 rings (SSSR count). The maximum atomic E-state index is 2.56. The largest absolute Gasteiger partial charge is 0.0819 e. The lowest BCUT2D eigenvalue weighted by atomic mass is 9.92. The quantitative estimate of drug-likeness (QED) is 0.334. The average Bonchev–Trinajstić information content (AvgIpc) is 1.91. The maximum Gasteiger partial charge on any atom is 0.0184 e. The molecule has 0 amide bonds. The number of halogens is 1. The molecule has 0 N–H and O–H groups in total. The lowest BCUT2D eigenvalue weighted by Crippen LogP contribution is -1.95. The normalized spacial score (nSPS) is 28.1. The van der Waals surface area contributed by atoms with Crippen LogP contribution < -0.4 is 0 Å². The van der Waals surface area contributed by atoms with E-state index in [1.165, 1.54) is 25.7 Å². The van der Waals surface area contributed by atoms with Crippen molar-refractivity contribution in [3.05, 3.63) is 11.1 Å². The summed E-state index contributed by atoms with van der Waals surface area (Å²) in [6.07, 6.45) is 5.68. The highest BCUT2D eigenvalue weighted by molar-refractivity contribution is 14.1. The standard InChI is InChI=1S/C7H9I/c8-7-3-5-1-2-6(5)4-7/h7H,1-4H2. The molecule has 0 spiro atoms. The Morgan fingerprint density at radius 3 is 1.88 bits per heavy atom. The van der Waals surface area contributed by atoms with Crippen LogP contribution in [0.25, 0.3) is 0 Å². The van der Waals surface area contributed by atoms with Gasteiger partial charge in [0.1, 0.15) is 0 Å². The van der Waals surface area contributed by atoms with Gasteiger partial charge in [-0.05, 0) is 25.7 Å². The van der Waals surface area contributed by atoms with E-state index in [1.54, 1.807) is 11.1 Å². The van der Waals surface area contributed by atoms with Crippen LogP contribution in [-0.4, -0.2) is 3.92 Å². The van der Waals surface area contributed by atoms with Gasteiger partial charge in [-0.3, -0.25) is 0 Å². The fraction of sp³-hybridized carbons (Fsp3) is 0.714. The number of hydrogen-bond acceptors (Lipinski definition) is 0. The molecule has 0 nitrogen and oxygen atoms in total. The first-order valence-corrected chi connectivity index (χ1v) is 4.44. The van der Waals surface area contributed by atoms with Gasteiger partial charge in [0.25, 0.3) is 0 Å². The summed E-state index contributed by atoms with van der Waals surface area (Å²) in [4.78, 5) is 0. The Hall–Kier alpha value is 0.470. The van der Waals surface area contributed by atoms with Gasteiger partial charge in [-0.25, -0.2) is 0 Å². The highest BCUT2D eigenvalue weighted by Crippen LogP contribution is 2.43. The molecule has 0 aromatic rings. The van der Waals surface area contributed by atoms with Crippen molar-refractivity contribution in [1.29, 1.82) is 0 Å². The van der Waals surface area contributed by atoms with Gasteiger partial charge in [-0.1, -0.05) is 33.7 Å². The topological polar surface area (TPSA) is 0 Å². The van der Waals surface area contributed by atoms with Crippen LogP contribution in [0.15, 0.2) is 11.1 Å². The maximum absolute atomic E-state index is 2.56. The van der Waals surface area contributed by atoms with Crippen molar-refractivity contribution in [3.63, 3.8) is 0 Å². The molecule has 0 heterocycles. The molecule has 0 unspecified atom stereocenters. The minimum Gasteiger partial charge on any atom is -0.0819 e. The van der Waals surface area contributed by atoms with Crippen LogP contribution in [-0.2, 0) is 0 Å². The summed E-state index contributed by atoms with van der Waals surface area (Å²) in [7, 11) is 0. The summed E-state index contributed by atoms with van der Waals surface area (Å²) < 4.78 is 0.958. The third-order valence-electron chi connectivity index (χ3n) is 2.16. The molecular formula is C7H9I. The Labute approximate surface area is 63.5 Å². The van der Waals surface area contributed by atoms with Crippen LogP contribution >= 0.6 is 22.6 Å². The van der Waals surface area contributed by atoms with Gasteiger partial charge in [0.05, 0.1) is 0 Å². The van der Waals surface area contributed by atoms with Gasteiger partial charge in [0.2, 0.25) is 0 Å². The second-order valence-corrected chi connectivity index (χ2v) is 4.47. The smallest absolute Gasteiger partial charge is 0.0184 e. The van der Waals surface area contributed by atoms with E-state index >= 15 is 0 Å². The Morgan fingerprint density at radius 2 is 1.62 bits per heavy atom. The van der Waals surface area contributed by atoms with Crippen LogP contribution in [0.4, 0.5) is 0 Å². The van der Waals surface area contributed by atoms with Gasteiger partial charge >= 0.3 is 0 Å². The van der Waals surface area contributed by atoms with E-state index in [9.17, 15) is 0 Å². The first-order chi connectivity index (χ1) is 3.86. The van der Waals surface area contributed by atoms with Gasteiger partial charge in [-0.2, -0.15) is 0 Å². The number of hydrogen-bond donors (Lipinski definition) is 0. The van der Waals surface area contributed by atoms with Gasteiger partial charge in [0, 0.05) is 3.92 Å². The Bertz CT molecular complexity index is 130. The van der Waals surface area contributed by atoms with E-state index in [4.69, 9.17) is 0 Å². The first kappa shape index (κ1) is 5.27. The van der Waals surface area contributed by atoms with Crippen LogP contribution in [0.2, 0.25) is 0 Å². The molecule has 1 heteroatoms. The van der Waals surface area contributed by atoms with Crippen molar-refractivity contribution in [2.45, 2.75) is 29.6 Å². The minimum atomic E-state index is 0.958. The summed E-state index contributed by atoms with van der Waals surface area (Å²) in [6, 6.07) is 0. The Kier molecular flexibility index (Phi) is 1.14. The molecule has 0 bridgehead atoms.